The van der Waals surface area contributed by atoms with Crippen molar-refractivity contribution in [2.75, 3.05) is 6.61 Å². The minimum absolute atomic E-state index is 0.0699. The third-order valence-corrected chi connectivity index (χ3v) is 6.96. The van der Waals surface area contributed by atoms with Crippen LogP contribution in [-0.4, -0.2) is 17.0 Å². The summed E-state index contributed by atoms with van der Waals surface area (Å²) in [6, 6.07) is 11.7. The van der Waals surface area contributed by atoms with Gasteiger partial charge in [0.1, 0.15) is 11.3 Å². The van der Waals surface area contributed by atoms with Crippen LogP contribution in [0.5, 0.6) is 5.75 Å². The summed E-state index contributed by atoms with van der Waals surface area (Å²) in [6.45, 7) is 5.97. The van der Waals surface area contributed by atoms with Crippen LogP contribution in [0.15, 0.2) is 45.6 Å². The number of carbonyl (C=O) groups excluding carboxylic acids is 1. The predicted octanol–water partition coefficient (Wildman–Crippen LogP) is 5.29. The fourth-order valence-electron chi connectivity index (χ4n) is 5.05. The summed E-state index contributed by atoms with van der Waals surface area (Å²) < 4.78 is 13.7. The predicted molar refractivity (Wildman–Crippen MR) is 126 cm³/mol. The molecule has 0 bridgehead atoms. The van der Waals surface area contributed by atoms with Gasteiger partial charge < -0.3 is 13.7 Å². The molecule has 5 rings (SSSR count). The van der Waals surface area contributed by atoms with Crippen LogP contribution in [0.3, 0.4) is 0 Å². The zero-order valence-corrected chi connectivity index (χ0v) is 19.0. The smallest absolute Gasteiger partial charge is 0.339 e. The molecular formula is C27H27NO4. The van der Waals surface area contributed by atoms with Crippen LogP contribution in [0, 0.1) is 19.8 Å². The number of ether oxygens (including phenoxy) is 1. The number of rotatable bonds is 4. The van der Waals surface area contributed by atoms with Gasteiger partial charge in [0.25, 0.3) is 0 Å². The van der Waals surface area contributed by atoms with Gasteiger partial charge in [0.05, 0.1) is 0 Å². The Bertz CT molecular complexity index is 1440. The maximum absolute atomic E-state index is 13.1. The van der Waals surface area contributed by atoms with Crippen LogP contribution in [-0.2, 0) is 19.9 Å². The number of carbonyl (C=O) groups is 1. The maximum Gasteiger partial charge on any atom is 0.339 e. The SMILES string of the molecule is Cc1c(OCC(=O)c2c(C)n(C)c3ccccc23)ccc2c3c(c(=O)oc12)CC[C@@H](C)C3. The first-order valence-electron chi connectivity index (χ1n) is 11.1. The lowest BCUT2D eigenvalue weighted by Crippen LogP contribution is -2.20. The molecule has 164 valence electrons. The van der Waals surface area contributed by atoms with E-state index >= 15 is 0 Å². The number of aryl methyl sites for hydroxylation is 2. The van der Waals surface area contributed by atoms with Gasteiger partial charge in [-0.2, -0.15) is 0 Å². The van der Waals surface area contributed by atoms with E-state index in [0.717, 1.165) is 57.9 Å². The number of Topliss-reactive ketones (excluding diaryl/α,β-unsaturated/α-hetero) is 1. The normalized spacial score (nSPS) is 15.8. The Morgan fingerprint density at radius 2 is 1.91 bits per heavy atom. The largest absolute Gasteiger partial charge is 0.485 e. The second-order valence-corrected chi connectivity index (χ2v) is 9.01. The molecule has 0 radical (unpaired) electrons. The molecule has 2 aromatic heterocycles. The lowest BCUT2D eigenvalue weighted by Gasteiger charge is -2.22. The van der Waals surface area contributed by atoms with Crippen LogP contribution in [0.1, 0.15) is 46.1 Å². The molecule has 0 N–H and O–H groups in total. The first-order valence-corrected chi connectivity index (χ1v) is 11.1. The average molecular weight is 430 g/mol. The van der Waals surface area contributed by atoms with Gasteiger partial charge in [0.15, 0.2) is 6.61 Å². The van der Waals surface area contributed by atoms with Crippen molar-refractivity contribution in [2.24, 2.45) is 13.0 Å². The molecule has 0 amide bonds. The van der Waals surface area contributed by atoms with Crippen molar-refractivity contribution in [3.8, 4) is 5.75 Å². The molecular weight excluding hydrogens is 402 g/mol. The summed E-state index contributed by atoms with van der Waals surface area (Å²) in [5, 5.41) is 1.91. The second kappa shape index (κ2) is 7.66. The standard InChI is InChI=1S/C27H27NO4/c1-15-9-10-19-21(13-15)18-11-12-24(16(2)26(18)32-27(19)30)31-14-23(29)25-17(3)28(4)22-8-6-5-7-20(22)25/h5-8,11-12,15H,9-10,13-14H2,1-4H3/t15-/m1/s1. The molecule has 2 aromatic carbocycles. The molecule has 0 fully saturated rings. The molecule has 2 heterocycles. The first-order chi connectivity index (χ1) is 15.4. The van der Waals surface area contributed by atoms with Gasteiger partial charge in [-0.15, -0.1) is 0 Å². The first kappa shape index (κ1) is 20.6. The molecule has 1 aliphatic rings. The van der Waals surface area contributed by atoms with Crippen molar-refractivity contribution >= 4 is 27.7 Å². The average Bonchev–Trinajstić information content (AvgIpc) is 3.04. The van der Waals surface area contributed by atoms with Crippen LogP contribution < -0.4 is 10.4 Å². The molecule has 0 saturated heterocycles. The molecule has 5 heteroatoms. The van der Waals surface area contributed by atoms with Gasteiger partial charge >= 0.3 is 5.63 Å². The molecule has 4 aromatic rings. The van der Waals surface area contributed by atoms with Gasteiger partial charge in [0.2, 0.25) is 5.78 Å². The van der Waals surface area contributed by atoms with Crippen molar-refractivity contribution < 1.29 is 13.9 Å². The van der Waals surface area contributed by atoms with Gasteiger partial charge in [-0.25, -0.2) is 4.79 Å². The van der Waals surface area contributed by atoms with Crippen molar-refractivity contribution in [1.29, 1.82) is 0 Å². The van der Waals surface area contributed by atoms with E-state index < -0.39 is 0 Å². The van der Waals surface area contributed by atoms with Crippen LogP contribution in [0.4, 0.5) is 0 Å². The molecule has 1 aliphatic carbocycles. The van der Waals surface area contributed by atoms with Crippen molar-refractivity contribution in [3.63, 3.8) is 0 Å². The van der Waals surface area contributed by atoms with E-state index in [-0.39, 0.29) is 18.0 Å². The molecule has 0 aliphatic heterocycles. The van der Waals surface area contributed by atoms with E-state index in [1.54, 1.807) is 0 Å². The van der Waals surface area contributed by atoms with Crippen molar-refractivity contribution in [3.05, 3.63) is 74.8 Å². The van der Waals surface area contributed by atoms with E-state index in [1.807, 2.05) is 61.9 Å². The Hall–Kier alpha value is -3.34. The Kier molecular flexibility index (Phi) is 4.92. The summed E-state index contributed by atoms with van der Waals surface area (Å²) in [4.78, 5) is 25.7. The van der Waals surface area contributed by atoms with Gasteiger partial charge in [-0.3, -0.25) is 4.79 Å². The number of nitrogens with zero attached hydrogens (tertiary/aromatic N) is 1. The monoisotopic (exact) mass is 429 g/mol. The molecule has 0 saturated carbocycles. The van der Waals surface area contributed by atoms with Crippen LogP contribution in [0.25, 0.3) is 21.9 Å². The third kappa shape index (κ3) is 3.15. The quantitative estimate of drug-likeness (QED) is 0.327. The number of benzene rings is 2. The zero-order chi connectivity index (χ0) is 22.6. The summed E-state index contributed by atoms with van der Waals surface area (Å²) >= 11 is 0. The summed E-state index contributed by atoms with van der Waals surface area (Å²) in [6.07, 6.45) is 2.67. The topological polar surface area (TPSA) is 61.4 Å². The number of aromatic nitrogens is 1. The van der Waals surface area contributed by atoms with Crippen molar-refractivity contribution in [1.82, 2.24) is 4.57 Å². The van der Waals surface area contributed by atoms with E-state index in [0.29, 0.717) is 22.8 Å². The fraction of sp³-hybridized carbons (Fsp3) is 0.333. The summed E-state index contributed by atoms with van der Waals surface area (Å²) in [7, 11) is 1.96. The molecule has 1 atom stereocenters. The lowest BCUT2D eigenvalue weighted by atomic mass is 9.84. The van der Waals surface area contributed by atoms with Gasteiger partial charge in [-0.1, -0.05) is 25.1 Å². The lowest BCUT2D eigenvalue weighted by molar-refractivity contribution is 0.0922. The van der Waals surface area contributed by atoms with Gasteiger partial charge in [0, 0.05) is 45.7 Å². The number of hydrogen-bond donors (Lipinski definition) is 0. The fourth-order valence-corrected chi connectivity index (χ4v) is 5.05. The third-order valence-electron chi connectivity index (χ3n) is 6.96. The Morgan fingerprint density at radius 1 is 1.12 bits per heavy atom. The minimum Gasteiger partial charge on any atom is -0.485 e. The highest BCUT2D eigenvalue weighted by Crippen LogP contribution is 2.34. The number of hydrogen-bond acceptors (Lipinski definition) is 4. The zero-order valence-electron chi connectivity index (χ0n) is 19.0. The highest BCUT2D eigenvalue weighted by atomic mass is 16.5. The van der Waals surface area contributed by atoms with Crippen LogP contribution in [0.2, 0.25) is 0 Å². The molecule has 32 heavy (non-hydrogen) atoms. The van der Waals surface area contributed by atoms with E-state index in [4.69, 9.17) is 9.15 Å². The van der Waals surface area contributed by atoms with E-state index in [9.17, 15) is 9.59 Å². The molecule has 0 unspecified atom stereocenters. The Labute approximate surface area is 186 Å². The minimum atomic E-state index is -0.248. The number of para-hydroxylation sites is 1. The van der Waals surface area contributed by atoms with Crippen LogP contribution >= 0.6 is 0 Å². The highest BCUT2D eigenvalue weighted by molar-refractivity contribution is 6.10. The van der Waals surface area contributed by atoms with Crippen molar-refractivity contribution in [2.45, 2.75) is 40.0 Å². The maximum atomic E-state index is 13.1. The number of fused-ring (bicyclic) bond motifs is 4. The van der Waals surface area contributed by atoms with Gasteiger partial charge in [-0.05, 0) is 62.8 Å². The Morgan fingerprint density at radius 3 is 2.72 bits per heavy atom. The number of ketones is 1. The van der Waals surface area contributed by atoms with E-state index in [1.165, 1.54) is 0 Å². The summed E-state index contributed by atoms with van der Waals surface area (Å²) in [5.41, 5.74) is 5.62. The second-order valence-electron chi connectivity index (χ2n) is 9.01. The molecule has 0 spiro atoms. The Balaban J connectivity index is 1.48. The summed E-state index contributed by atoms with van der Waals surface area (Å²) in [5.74, 6) is 1.04. The highest BCUT2D eigenvalue weighted by Gasteiger charge is 2.24. The van der Waals surface area contributed by atoms with E-state index in [2.05, 4.69) is 6.92 Å². The molecule has 5 nitrogen and oxygen atoms in total.